The summed E-state index contributed by atoms with van der Waals surface area (Å²) < 4.78 is 15.4. The quantitative estimate of drug-likeness (QED) is 0.490. The number of fused-ring (bicyclic) bond motifs is 2. The second-order valence-electron chi connectivity index (χ2n) is 4.81. The monoisotopic (exact) mass is 274 g/mol. The summed E-state index contributed by atoms with van der Waals surface area (Å²) in [7, 11) is 0. The van der Waals surface area contributed by atoms with Crippen molar-refractivity contribution in [2.45, 2.75) is 30.1 Å². The average molecular weight is 274 g/mol. The van der Waals surface area contributed by atoms with Gasteiger partial charge in [0, 0.05) is 6.54 Å². The number of imide groups is 1. The van der Waals surface area contributed by atoms with Gasteiger partial charge in [0.15, 0.2) is 12.9 Å². The van der Waals surface area contributed by atoms with E-state index in [1.165, 1.54) is 0 Å². The number of cyclic esters (lactones) is 1. The molecule has 5 atom stereocenters. The van der Waals surface area contributed by atoms with Gasteiger partial charge in [0.05, 0.1) is 6.61 Å². The van der Waals surface area contributed by atoms with Gasteiger partial charge in [-0.3, -0.25) is 4.79 Å². The molecule has 0 saturated carbocycles. The van der Waals surface area contributed by atoms with E-state index in [0.717, 1.165) is 4.90 Å². The summed E-state index contributed by atoms with van der Waals surface area (Å²) >= 11 is 0. The van der Waals surface area contributed by atoms with Gasteiger partial charge in [0.25, 0.3) is 5.91 Å². The van der Waals surface area contributed by atoms with E-state index in [9.17, 15) is 19.8 Å². The molecule has 2 amide bonds. The number of ether oxygens (including phenoxy) is 3. The summed E-state index contributed by atoms with van der Waals surface area (Å²) in [5.74, 6) is -0.611. The molecule has 3 aliphatic heterocycles. The van der Waals surface area contributed by atoms with E-state index in [-0.39, 0.29) is 13.2 Å². The van der Waals surface area contributed by atoms with E-state index >= 15 is 0 Å². The zero-order valence-electron chi connectivity index (χ0n) is 9.89. The second kappa shape index (κ2) is 4.12. The van der Waals surface area contributed by atoms with Gasteiger partial charge in [-0.15, -0.1) is 0 Å². The lowest BCUT2D eigenvalue weighted by atomic mass is 9.87. The molecule has 0 aromatic heterocycles. The molecule has 3 rings (SSSR count). The summed E-state index contributed by atoms with van der Waals surface area (Å²) in [6.07, 6.45) is -4.67. The lowest BCUT2D eigenvalue weighted by Crippen LogP contribution is -2.67. The van der Waals surface area contributed by atoms with Crippen LogP contribution >= 0.6 is 0 Å². The molecular formula is C10H14N2O7. The van der Waals surface area contributed by atoms with Gasteiger partial charge in [-0.05, 0) is 0 Å². The van der Waals surface area contributed by atoms with Gasteiger partial charge in [0.1, 0.15) is 23.9 Å². The van der Waals surface area contributed by atoms with Crippen LogP contribution in [0, 0.1) is 0 Å². The Morgan fingerprint density at radius 3 is 2.74 bits per heavy atom. The summed E-state index contributed by atoms with van der Waals surface area (Å²) in [5, 5.41) is 20.2. The highest BCUT2D eigenvalue weighted by molar-refractivity contribution is 5.98. The molecule has 106 valence electrons. The van der Waals surface area contributed by atoms with E-state index in [4.69, 9.17) is 15.2 Å². The van der Waals surface area contributed by atoms with Crippen LogP contribution in [-0.4, -0.2) is 77.0 Å². The first-order valence-electron chi connectivity index (χ1n) is 5.84. The van der Waals surface area contributed by atoms with E-state index in [1.807, 2.05) is 0 Å². The van der Waals surface area contributed by atoms with Crippen molar-refractivity contribution in [2.24, 2.45) is 5.73 Å². The lowest BCUT2D eigenvalue weighted by Gasteiger charge is -2.43. The Bertz CT molecular complexity index is 414. The Labute approximate surface area is 107 Å². The molecule has 3 fully saturated rings. The Kier molecular flexibility index (Phi) is 2.76. The molecule has 0 aliphatic carbocycles. The summed E-state index contributed by atoms with van der Waals surface area (Å²) in [6, 6.07) is -1.14. The van der Waals surface area contributed by atoms with Crippen LogP contribution in [0.15, 0.2) is 0 Å². The molecule has 19 heavy (non-hydrogen) atoms. The standard InChI is InChI=1S/C10H14N2O7/c11-2-10-3-18-8(19-10)5(6(14)7(10)15)12-4(13)1-17-9(12)16/h5-8,14-15H,1-3,11H2/t5-,6-,7-,8?,10+/m1/s1. The third-order valence-electron chi connectivity index (χ3n) is 3.76. The molecule has 2 bridgehead atoms. The smallest absolute Gasteiger partial charge is 0.417 e. The number of nitrogens with zero attached hydrogens (tertiary/aromatic N) is 1. The molecule has 0 aromatic rings. The first-order valence-corrected chi connectivity index (χ1v) is 5.84. The molecule has 3 saturated heterocycles. The number of aliphatic hydroxyl groups is 2. The fourth-order valence-corrected chi connectivity index (χ4v) is 2.66. The van der Waals surface area contributed by atoms with Crippen LogP contribution in [0.5, 0.6) is 0 Å². The SMILES string of the molecule is NC[C@@]12COC(O1)[C@H](N1C(=O)COC1=O)[C@@H](O)[C@H]2O. The lowest BCUT2D eigenvalue weighted by molar-refractivity contribution is -0.234. The summed E-state index contributed by atoms with van der Waals surface area (Å²) in [4.78, 5) is 23.9. The molecule has 0 radical (unpaired) electrons. The van der Waals surface area contributed by atoms with Crippen LogP contribution < -0.4 is 5.73 Å². The predicted octanol–water partition coefficient (Wildman–Crippen LogP) is -2.86. The van der Waals surface area contributed by atoms with Crippen molar-refractivity contribution in [3.05, 3.63) is 0 Å². The number of amides is 2. The Morgan fingerprint density at radius 1 is 1.42 bits per heavy atom. The number of aliphatic hydroxyl groups excluding tert-OH is 2. The van der Waals surface area contributed by atoms with Crippen molar-refractivity contribution in [3.8, 4) is 0 Å². The molecule has 3 heterocycles. The van der Waals surface area contributed by atoms with Gasteiger partial charge in [-0.1, -0.05) is 0 Å². The van der Waals surface area contributed by atoms with Crippen LogP contribution in [0.3, 0.4) is 0 Å². The van der Waals surface area contributed by atoms with Crippen molar-refractivity contribution in [2.75, 3.05) is 19.8 Å². The topological polar surface area (TPSA) is 132 Å². The second-order valence-corrected chi connectivity index (χ2v) is 4.81. The van der Waals surface area contributed by atoms with Crippen molar-refractivity contribution < 1.29 is 34.0 Å². The molecule has 9 heteroatoms. The van der Waals surface area contributed by atoms with Crippen LogP contribution in [0.1, 0.15) is 0 Å². The summed E-state index contributed by atoms with van der Waals surface area (Å²) in [5.41, 5.74) is 4.33. The first kappa shape index (κ1) is 12.8. The minimum atomic E-state index is -1.40. The maximum absolute atomic E-state index is 11.6. The van der Waals surface area contributed by atoms with Gasteiger partial charge in [0.2, 0.25) is 0 Å². The minimum absolute atomic E-state index is 0.0139. The number of hydrogen-bond acceptors (Lipinski definition) is 8. The largest absolute Gasteiger partial charge is 0.439 e. The average Bonchev–Trinajstić information content (AvgIpc) is 2.94. The molecule has 3 aliphatic rings. The van der Waals surface area contributed by atoms with Crippen molar-refractivity contribution >= 4 is 12.0 Å². The normalized spacial score (nSPS) is 45.7. The predicted molar refractivity (Wildman–Crippen MR) is 56.6 cm³/mol. The fourth-order valence-electron chi connectivity index (χ4n) is 2.66. The zero-order valence-corrected chi connectivity index (χ0v) is 9.89. The number of nitrogens with two attached hydrogens (primary N) is 1. The zero-order chi connectivity index (χ0) is 13.8. The number of carbonyl (C=O) groups excluding carboxylic acids is 2. The third kappa shape index (κ3) is 1.60. The maximum atomic E-state index is 11.6. The van der Waals surface area contributed by atoms with E-state index in [0.29, 0.717) is 0 Å². The minimum Gasteiger partial charge on any atom is -0.439 e. The number of hydrogen-bond donors (Lipinski definition) is 3. The van der Waals surface area contributed by atoms with Crippen molar-refractivity contribution in [3.63, 3.8) is 0 Å². The number of carbonyl (C=O) groups is 2. The highest BCUT2D eigenvalue weighted by atomic mass is 16.7. The van der Waals surface area contributed by atoms with Crippen LogP contribution in [-0.2, 0) is 19.0 Å². The Morgan fingerprint density at radius 2 is 2.16 bits per heavy atom. The number of rotatable bonds is 2. The van der Waals surface area contributed by atoms with Crippen molar-refractivity contribution in [1.29, 1.82) is 0 Å². The van der Waals surface area contributed by atoms with Gasteiger partial charge in [-0.2, -0.15) is 0 Å². The van der Waals surface area contributed by atoms with Crippen LogP contribution in [0.25, 0.3) is 0 Å². The molecule has 0 aromatic carbocycles. The molecule has 1 unspecified atom stereocenters. The van der Waals surface area contributed by atoms with Crippen LogP contribution in [0.4, 0.5) is 4.79 Å². The molecule has 0 spiro atoms. The van der Waals surface area contributed by atoms with Gasteiger partial charge >= 0.3 is 6.09 Å². The highest BCUT2D eigenvalue weighted by Crippen LogP contribution is 2.39. The van der Waals surface area contributed by atoms with E-state index < -0.39 is 48.7 Å². The Balaban J connectivity index is 1.92. The maximum Gasteiger partial charge on any atom is 0.417 e. The molecule has 9 nitrogen and oxygen atoms in total. The highest BCUT2D eigenvalue weighted by Gasteiger charge is 2.62. The molecule has 4 N–H and O–H groups in total. The van der Waals surface area contributed by atoms with E-state index in [1.54, 1.807) is 0 Å². The van der Waals surface area contributed by atoms with E-state index in [2.05, 4.69) is 4.74 Å². The van der Waals surface area contributed by atoms with Gasteiger partial charge in [-0.25, -0.2) is 9.69 Å². The van der Waals surface area contributed by atoms with Gasteiger partial charge < -0.3 is 30.2 Å². The van der Waals surface area contributed by atoms with Crippen molar-refractivity contribution in [1.82, 2.24) is 4.90 Å². The fraction of sp³-hybridized carbons (Fsp3) is 0.800. The first-order chi connectivity index (χ1) is 9.00. The summed E-state index contributed by atoms with van der Waals surface area (Å²) in [6.45, 7) is -0.459. The van der Waals surface area contributed by atoms with Crippen LogP contribution in [0.2, 0.25) is 0 Å². The molecular weight excluding hydrogens is 260 g/mol. The third-order valence-corrected chi connectivity index (χ3v) is 3.76. The Hall–Kier alpha value is -1.26.